The third-order valence-corrected chi connectivity index (χ3v) is 3.89. The number of rotatable bonds is 4. The minimum absolute atomic E-state index is 0.217. The molecule has 5 nitrogen and oxygen atoms in total. The van der Waals surface area contributed by atoms with E-state index in [1.54, 1.807) is 13.8 Å². The quantitative estimate of drug-likeness (QED) is 0.622. The van der Waals surface area contributed by atoms with Crippen LogP contribution in [0.15, 0.2) is 0 Å². The van der Waals surface area contributed by atoms with E-state index in [4.69, 9.17) is 9.47 Å². The maximum Gasteiger partial charge on any atom is 0.338 e. The highest BCUT2D eigenvalue weighted by molar-refractivity contribution is 5.80. The van der Waals surface area contributed by atoms with Crippen LogP contribution in [0, 0.1) is 11.8 Å². The van der Waals surface area contributed by atoms with Gasteiger partial charge < -0.3 is 14.6 Å². The Labute approximate surface area is 114 Å². The molecule has 19 heavy (non-hydrogen) atoms. The van der Waals surface area contributed by atoms with E-state index in [1.165, 1.54) is 0 Å². The van der Waals surface area contributed by atoms with Gasteiger partial charge in [0.25, 0.3) is 0 Å². The van der Waals surface area contributed by atoms with Gasteiger partial charge in [0.15, 0.2) is 5.60 Å². The molecule has 0 radical (unpaired) electrons. The zero-order valence-corrected chi connectivity index (χ0v) is 12.0. The van der Waals surface area contributed by atoms with Crippen molar-refractivity contribution in [3.05, 3.63) is 0 Å². The van der Waals surface area contributed by atoms with Crippen molar-refractivity contribution in [2.75, 3.05) is 13.2 Å². The van der Waals surface area contributed by atoms with Crippen molar-refractivity contribution in [3.63, 3.8) is 0 Å². The third kappa shape index (κ3) is 3.69. The molecule has 1 N–H and O–H groups in total. The molecular formula is C14H24O5. The Kier molecular flexibility index (Phi) is 5.79. The molecule has 3 atom stereocenters. The van der Waals surface area contributed by atoms with Gasteiger partial charge in [0, 0.05) is 0 Å². The summed E-state index contributed by atoms with van der Waals surface area (Å²) >= 11 is 0. The van der Waals surface area contributed by atoms with Crippen LogP contribution in [0.2, 0.25) is 0 Å². The fourth-order valence-corrected chi connectivity index (χ4v) is 2.53. The number of esters is 2. The van der Waals surface area contributed by atoms with Crippen LogP contribution >= 0.6 is 0 Å². The Balaban J connectivity index is 2.74. The van der Waals surface area contributed by atoms with Crippen LogP contribution in [-0.4, -0.2) is 35.9 Å². The van der Waals surface area contributed by atoms with Crippen molar-refractivity contribution >= 4 is 11.9 Å². The number of aliphatic hydroxyl groups is 1. The van der Waals surface area contributed by atoms with Crippen molar-refractivity contribution in [1.29, 1.82) is 0 Å². The van der Waals surface area contributed by atoms with Crippen molar-refractivity contribution in [2.45, 2.75) is 52.1 Å². The molecule has 0 aliphatic heterocycles. The first kappa shape index (κ1) is 16.0. The molecule has 1 saturated carbocycles. The van der Waals surface area contributed by atoms with E-state index in [-0.39, 0.29) is 30.8 Å². The summed E-state index contributed by atoms with van der Waals surface area (Å²) in [6.45, 7) is 5.91. The van der Waals surface area contributed by atoms with E-state index in [0.717, 1.165) is 0 Å². The lowest BCUT2D eigenvalue weighted by Gasteiger charge is -2.29. The number of carbonyl (C=O) groups excluding carboxylic acids is 2. The largest absolute Gasteiger partial charge is 0.466 e. The summed E-state index contributed by atoms with van der Waals surface area (Å²) in [6.07, 6.45) is 1.95. The first-order valence-electron chi connectivity index (χ1n) is 7.01. The lowest BCUT2D eigenvalue weighted by atomic mass is 9.84. The summed E-state index contributed by atoms with van der Waals surface area (Å²) in [5, 5.41) is 10.5. The molecule has 0 bridgehead atoms. The molecule has 0 amide bonds. The second-order valence-electron chi connectivity index (χ2n) is 5.11. The fourth-order valence-electron chi connectivity index (χ4n) is 2.53. The van der Waals surface area contributed by atoms with Crippen molar-refractivity contribution < 1.29 is 24.2 Å². The van der Waals surface area contributed by atoms with Crippen LogP contribution in [0.25, 0.3) is 0 Å². The molecule has 0 heterocycles. The van der Waals surface area contributed by atoms with E-state index >= 15 is 0 Å². The highest BCUT2D eigenvalue weighted by Crippen LogP contribution is 2.36. The van der Waals surface area contributed by atoms with Gasteiger partial charge in [-0.05, 0) is 45.4 Å². The Hall–Kier alpha value is -1.10. The van der Waals surface area contributed by atoms with Crippen LogP contribution in [0.4, 0.5) is 0 Å². The maximum atomic E-state index is 11.9. The zero-order chi connectivity index (χ0) is 14.5. The Morgan fingerprint density at radius 2 is 1.79 bits per heavy atom. The molecule has 3 unspecified atom stereocenters. The molecule has 1 rings (SSSR count). The molecule has 0 aromatic heterocycles. The van der Waals surface area contributed by atoms with Gasteiger partial charge in [0.05, 0.1) is 19.1 Å². The minimum Gasteiger partial charge on any atom is -0.466 e. The van der Waals surface area contributed by atoms with Crippen LogP contribution in [0.1, 0.15) is 46.5 Å². The lowest BCUT2D eigenvalue weighted by molar-refractivity contribution is -0.171. The molecule has 110 valence electrons. The van der Waals surface area contributed by atoms with Gasteiger partial charge in [-0.1, -0.05) is 6.92 Å². The Bertz CT molecular complexity index is 328. The summed E-state index contributed by atoms with van der Waals surface area (Å²) in [5.41, 5.74) is -1.47. The average molecular weight is 272 g/mol. The van der Waals surface area contributed by atoms with Crippen LogP contribution in [-0.2, 0) is 19.1 Å². The van der Waals surface area contributed by atoms with Crippen LogP contribution in [0.3, 0.4) is 0 Å². The van der Waals surface area contributed by atoms with Gasteiger partial charge in [0.1, 0.15) is 0 Å². The molecule has 1 aliphatic rings. The van der Waals surface area contributed by atoms with Crippen molar-refractivity contribution in [3.8, 4) is 0 Å². The van der Waals surface area contributed by atoms with Gasteiger partial charge >= 0.3 is 11.9 Å². The van der Waals surface area contributed by atoms with Crippen LogP contribution in [0.5, 0.6) is 0 Å². The first-order valence-corrected chi connectivity index (χ1v) is 7.01. The van der Waals surface area contributed by atoms with E-state index in [2.05, 4.69) is 0 Å². The fraction of sp³-hybridized carbons (Fsp3) is 0.857. The summed E-state index contributed by atoms with van der Waals surface area (Å²) < 4.78 is 9.96. The molecule has 1 aliphatic carbocycles. The van der Waals surface area contributed by atoms with Gasteiger partial charge in [-0.3, -0.25) is 4.79 Å². The van der Waals surface area contributed by atoms with Gasteiger partial charge in [0.2, 0.25) is 0 Å². The van der Waals surface area contributed by atoms with Crippen LogP contribution < -0.4 is 0 Å². The summed E-state index contributed by atoms with van der Waals surface area (Å²) in [6, 6.07) is 0. The van der Waals surface area contributed by atoms with Gasteiger partial charge in [-0.25, -0.2) is 4.79 Å². The standard InChI is InChI=1S/C14H24O5/c1-4-18-12(15)11-7-6-10(3)14(17,9-8-11)13(16)19-5-2/h10-11,17H,4-9H2,1-3H3. The average Bonchev–Trinajstić information content (AvgIpc) is 2.52. The molecule has 0 spiro atoms. The highest BCUT2D eigenvalue weighted by atomic mass is 16.5. The number of hydrogen-bond donors (Lipinski definition) is 1. The molecule has 0 aromatic carbocycles. The minimum atomic E-state index is -1.47. The predicted molar refractivity (Wildman–Crippen MR) is 69.3 cm³/mol. The number of hydrogen-bond acceptors (Lipinski definition) is 5. The molecule has 0 saturated heterocycles. The number of ether oxygens (including phenoxy) is 2. The Morgan fingerprint density at radius 1 is 1.16 bits per heavy atom. The zero-order valence-electron chi connectivity index (χ0n) is 12.0. The SMILES string of the molecule is CCOC(=O)C1CCC(C)C(O)(C(=O)OCC)CC1. The third-order valence-electron chi connectivity index (χ3n) is 3.89. The monoisotopic (exact) mass is 272 g/mol. The van der Waals surface area contributed by atoms with Gasteiger partial charge in [-0.15, -0.1) is 0 Å². The lowest BCUT2D eigenvalue weighted by Crippen LogP contribution is -2.45. The maximum absolute atomic E-state index is 11.9. The first-order chi connectivity index (χ1) is 8.95. The van der Waals surface area contributed by atoms with E-state index in [1.807, 2.05) is 6.92 Å². The smallest absolute Gasteiger partial charge is 0.338 e. The second-order valence-corrected chi connectivity index (χ2v) is 5.11. The summed E-state index contributed by atoms with van der Waals surface area (Å²) in [4.78, 5) is 23.6. The van der Waals surface area contributed by atoms with E-state index in [9.17, 15) is 14.7 Å². The normalized spacial score (nSPS) is 31.4. The summed E-state index contributed by atoms with van der Waals surface area (Å²) in [7, 11) is 0. The molecule has 1 fully saturated rings. The highest BCUT2D eigenvalue weighted by Gasteiger charge is 2.45. The van der Waals surface area contributed by atoms with Crippen molar-refractivity contribution in [2.24, 2.45) is 11.8 Å². The van der Waals surface area contributed by atoms with E-state index in [0.29, 0.717) is 25.9 Å². The molecule has 0 aromatic rings. The van der Waals surface area contributed by atoms with E-state index < -0.39 is 11.6 Å². The number of carbonyl (C=O) groups is 2. The topological polar surface area (TPSA) is 72.8 Å². The molecule has 5 heteroatoms. The summed E-state index contributed by atoms with van der Waals surface area (Å²) in [5.74, 6) is -1.26. The van der Waals surface area contributed by atoms with Crippen molar-refractivity contribution in [1.82, 2.24) is 0 Å². The Morgan fingerprint density at radius 3 is 2.37 bits per heavy atom. The van der Waals surface area contributed by atoms with Gasteiger partial charge in [-0.2, -0.15) is 0 Å². The predicted octanol–water partition coefficient (Wildman–Crippen LogP) is 1.67. The second kappa shape index (κ2) is 6.89. The molecular weight excluding hydrogens is 248 g/mol.